The second kappa shape index (κ2) is 7.05. The Morgan fingerprint density at radius 1 is 0.963 bits per heavy atom. The van der Waals surface area contributed by atoms with E-state index in [2.05, 4.69) is 15.0 Å². The van der Waals surface area contributed by atoms with E-state index in [-0.39, 0.29) is 24.9 Å². The molecule has 0 fully saturated rings. The zero-order valence-electron chi connectivity index (χ0n) is 14.4. The maximum atomic E-state index is 12.4. The summed E-state index contributed by atoms with van der Waals surface area (Å²) in [5.41, 5.74) is 1.46. The Morgan fingerprint density at radius 3 is 2.30 bits per heavy atom. The van der Waals surface area contributed by atoms with Gasteiger partial charge in [-0.05, 0) is 11.1 Å². The lowest BCUT2D eigenvalue weighted by molar-refractivity contribution is 0.300. The van der Waals surface area contributed by atoms with Gasteiger partial charge in [0, 0.05) is 6.54 Å². The lowest BCUT2D eigenvalue weighted by Gasteiger charge is -2.37. The molecule has 7 heteroatoms. The Bertz CT molecular complexity index is 1090. The Labute approximate surface area is 154 Å². The maximum absolute atomic E-state index is 12.4. The third kappa shape index (κ3) is 3.09. The molecule has 0 amide bonds. The van der Waals surface area contributed by atoms with E-state index < -0.39 is 11.2 Å². The minimum atomic E-state index is -0.605. The molecule has 0 bridgehead atoms. The van der Waals surface area contributed by atoms with Crippen molar-refractivity contribution in [2.45, 2.75) is 6.04 Å². The monoisotopic (exact) mass is 362 g/mol. The van der Waals surface area contributed by atoms with Crippen LogP contribution in [0.2, 0.25) is 0 Å². The average molecular weight is 362 g/mol. The summed E-state index contributed by atoms with van der Waals surface area (Å²) < 4.78 is 0. The highest BCUT2D eigenvalue weighted by molar-refractivity contribution is 6.09. The molecule has 136 valence electrons. The fourth-order valence-corrected chi connectivity index (χ4v) is 3.39. The lowest BCUT2D eigenvalue weighted by atomic mass is 9.93. The van der Waals surface area contributed by atoms with E-state index >= 15 is 0 Å². The van der Waals surface area contributed by atoms with Gasteiger partial charge in [0.25, 0.3) is 5.56 Å². The molecule has 2 heterocycles. The van der Waals surface area contributed by atoms with E-state index in [1.807, 2.05) is 65.6 Å². The number of fused-ring (bicyclic) bond motifs is 1. The molecule has 3 aromatic rings. The maximum Gasteiger partial charge on any atom is 0.327 e. The first-order chi connectivity index (χ1) is 13.2. The molecule has 2 aromatic carbocycles. The van der Waals surface area contributed by atoms with Crippen LogP contribution in [0.25, 0.3) is 0 Å². The molecule has 0 radical (unpaired) electrons. The molecule has 0 saturated heterocycles. The molecule has 0 aliphatic carbocycles. The molecule has 3 N–H and O–H groups in total. The number of aliphatic hydroxyl groups is 1. The summed E-state index contributed by atoms with van der Waals surface area (Å²) >= 11 is 0. The van der Waals surface area contributed by atoms with E-state index in [1.165, 1.54) is 0 Å². The molecule has 7 nitrogen and oxygen atoms in total. The topological polar surface area (TPSA) is 102 Å². The van der Waals surface area contributed by atoms with Gasteiger partial charge in [0.2, 0.25) is 0 Å². The zero-order chi connectivity index (χ0) is 18.8. The first kappa shape index (κ1) is 17.0. The molecule has 1 aliphatic heterocycles. The highest BCUT2D eigenvalue weighted by Crippen LogP contribution is 2.38. The van der Waals surface area contributed by atoms with E-state index in [0.717, 1.165) is 11.1 Å². The molecule has 4 rings (SSSR count). The smallest absolute Gasteiger partial charge is 0.327 e. The number of benzene rings is 2. The number of nitrogens with one attached hydrogen (secondary N) is 2. The number of aromatic amines is 2. The summed E-state index contributed by atoms with van der Waals surface area (Å²) in [4.78, 5) is 35.6. The molecule has 0 spiro atoms. The third-order valence-corrected chi connectivity index (χ3v) is 4.51. The number of aliphatic hydroxyl groups excluding tert-OH is 1. The van der Waals surface area contributed by atoms with Crippen molar-refractivity contribution in [2.75, 3.05) is 18.1 Å². The molecular weight excluding hydrogens is 344 g/mol. The minimum Gasteiger partial charge on any atom is -0.395 e. The standard InChI is InChI=1S/C20H18N4O3/c25-12-11-24-17(14-9-5-2-6-10-14)15(13-7-3-1-4-8-13)21-16-18(24)22-20(27)23-19(16)26/h1-10,17,25H,11-12H2,(H2,22,23,26,27). The van der Waals surface area contributed by atoms with Gasteiger partial charge >= 0.3 is 5.69 Å². The van der Waals surface area contributed by atoms with Crippen LogP contribution in [-0.2, 0) is 0 Å². The van der Waals surface area contributed by atoms with Crippen molar-refractivity contribution in [1.82, 2.24) is 9.97 Å². The largest absolute Gasteiger partial charge is 0.395 e. The molecule has 0 saturated carbocycles. The summed E-state index contributed by atoms with van der Waals surface area (Å²) in [7, 11) is 0. The average Bonchev–Trinajstić information content (AvgIpc) is 2.69. The van der Waals surface area contributed by atoms with Gasteiger partial charge in [0.1, 0.15) is 5.82 Å². The number of anilines is 1. The van der Waals surface area contributed by atoms with Crippen LogP contribution in [0.3, 0.4) is 0 Å². The van der Waals surface area contributed by atoms with Crippen LogP contribution in [0.4, 0.5) is 11.5 Å². The van der Waals surface area contributed by atoms with Crippen LogP contribution in [0.15, 0.2) is 75.2 Å². The van der Waals surface area contributed by atoms with E-state index in [9.17, 15) is 14.7 Å². The number of rotatable bonds is 4. The first-order valence-corrected chi connectivity index (χ1v) is 8.62. The van der Waals surface area contributed by atoms with E-state index in [0.29, 0.717) is 11.5 Å². The predicted molar refractivity (Wildman–Crippen MR) is 104 cm³/mol. The van der Waals surface area contributed by atoms with Gasteiger partial charge in [-0.3, -0.25) is 14.8 Å². The second-order valence-corrected chi connectivity index (χ2v) is 6.20. The summed E-state index contributed by atoms with van der Waals surface area (Å²) in [5.74, 6) is 0.311. The van der Waals surface area contributed by atoms with Crippen LogP contribution in [-0.4, -0.2) is 33.9 Å². The van der Waals surface area contributed by atoms with Crippen LogP contribution in [0.5, 0.6) is 0 Å². The number of hydrogen-bond acceptors (Lipinski definition) is 5. The highest BCUT2D eigenvalue weighted by Gasteiger charge is 2.34. The number of hydrogen-bond donors (Lipinski definition) is 3. The third-order valence-electron chi connectivity index (χ3n) is 4.51. The Kier molecular flexibility index (Phi) is 4.43. The summed E-state index contributed by atoms with van der Waals surface area (Å²) in [6.07, 6.45) is 0. The van der Waals surface area contributed by atoms with Gasteiger partial charge in [-0.15, -0.1) is 0 Å². The van der Waals surface area contributed by atoms with Gasteiger partial charge < -0.3 is 10.0 Å². The van der Waals surface area contributed by atoms with Crippen LogP contribution >= 0.6 is 0 Å². The minimum absolute atomic E-state index is 0.133. The molecule has 27 heavy (non-hydrogen) atoms. The number of aliphatic imine (C=N–C) groups is 1. The predicted octanol–water partition coefficient (Wildman–Crippen LogP) is 1.74. The van der Waals surface area contributed by atoms with Crippen molar-refractivity contribution in [3.63, 3.8) is 0 Å². The molecule has 1 aliphatic rings. The van der Waals surface area contributed by atoms with E-state index in [4.69, 9.17) is 0 Å². The van der Waals surface area contributed by atoms with Crippen molar-refractivity contribution < 1.29 is 5.11 Å². The lowest BCUT2D eigenvalue weighted by Crippen LogP contribution is -2.42. The molecule has 1 atom stereocenters. The Morgan fingerprint density at radius 2 is 1.63 bits per heavy atom. The van der Waals surface area contributed by atoms with Crippen molar-refractivity contribution in [3.8, 4) is 0 Å². The number of β-amino-alcohol motifs (C(OH)–C–C–N with tert-alkyl or cyclic N) is 1. The van der Waals surface area contributed by atoms with E-state index in [1.54, 1.807) is 0 Å². The van der Waals surface area contributed by atoms with Crippen LogP contribution in [0, 0.1) is 0 Å². The normalized spacial score (nSPS) is 16.0. The van der Waals surface area contributed by atoms with Gasteiger partial charge in [-0.2, -0.15) is 0 Å². The molecular formula is C20H18N4O3. The summed E-state index contributed by atoms with van der Waals surface area (Å²) in [6.45, 7) is 0.0947. The summed E-state index contributed by atoms with van der Waals surface area (Å²) in [5, 5.41) is 9.64. The second-order valence-electron chi connectivity index (χ2n) is 6.20. The first-order valence-electron chi connectivity index (χ1n) is 8.62. The van der Waals surface area contributed by atoms with Crippen molar-refractivity contribution in [2.24, 2.45) is 4.99 Å². The Hall–Kier alpha value is -3.45. The molecule has 1 aromatic heterocycles. The van der Waals surface area contributed by atoms with Gasteiger partial charge in [-0.1, -0.05) is 60.7 Å². The SMILES string of the molecule is O=c1[nH]c2c(c(=O)[nH]1)N=C(c1ccccc1)C(c1ccccc1)N2CCO. The van der Waals surface area contributed by atoms with Crippen molar-refractivity contribution >= 4 is 17.2 Å². The number of aromatic nitrogens is 2. The quantitative estimate of drug-likeness (QED) is 0.658. The summed E-state index contributed by atoms with van der Waals surface area (Å²) in [6, 6.07) is 18.9. The van der Waals surface area contributed by atoms with Crippen molar-refractivity contribution in [1.29, 1.82) is 0 Å². The Balaban J connectivity index is 2.02. The highest BCUT2D eigenvalue weighted by atomic mass is 16.3. The van der Waals surface area contributed by atoms with Gasteiger partial charge in [0.15, 0.2) is 5.69 Å². The zero-order valence-corrected chi connectivity index (χ0v) is 14.4. The fourth-order valence-electron chi connectivity index (χ4n) is 3.39. The fraction of sp³-hybridized carbons (Fsp3) is 0.150. The van der Waals surface area contributed by atoms with Crippen LogP contribution < -0.4 is 16.1 Å². The van der Waals surface area contributed by atoms with Gasteiger partial charge in [-0.25, -0.2) is 9.79 Å². The number of nitrogens with zero attached hydrogens (tertiary/aromatic N) is 2. The van der Waals surface area contributed by atoms with Gasteiger partial charge in [0.05, 0.1) is 18.4 Å². The number of H-pyrrole nitrogens is 2. The van der Waals surface area contributed by atoms with Crippen LogP contribution in [0.1, 0.15) is 17.2 Å². The molecule has 1 unspecified atom stereocenters. The van der Waals surface area contributed by atoms with Crippen molar-refractivity contribution in [3.05, 3.63) is 92.6 Å².